The smallest absolute Gasteiger partial charge is 0.338 e. The molecular formula is C12H14FNO2. The van der Waals surface area contributed by atoms with Crippen LogP contribution < -0.4 is 0 Å². The Balaban J connectivity index is 1.87. The summed E-state index contributed by atoms with van der Waals surface area (Å²) in [5.74, 6) is -0.640. The fourth-order valence-electron chi connectivity index (χ4n) is 1.98. The van der Waals surface area contributed by atoms with Crippen LogP contribution in [0.2, 0.25) is 0 Å². The van der Waals surface area contributed by atoms with Gasteiger partial charge in [-0.2, -0.15) is 4.39 Å². The van der Waals surface area contributed by atoms with E-state index in [4.69, 9.17) is 4.74 Å². The molecule has 0 saturated heterocycles. The zero-order valence-electron chi connectivity index (χ0n) is 8.99. The number of esters is 1. The second kappa shape index (κ2) is 5.05. The highest BCUT2D eigenvalue weighted by Crippen LogP contribution is 2.24. The second-order valence-corrected chi connectivity index (χ2v) is 4.12. The number of rotatable bonds is 3. The molecule has 0 atom stereocenters. The third-order valence-corrected chi connectivity index (χ3v) is 2.89. The van der Waals surface area contributed by atoms with E-state index >= 15 is 0 Å². The third-order valence-electron chi connectivity index (χ3n) is 2.89. The minimum atomic E-state index is -0.657. The molecule has 1 aliphatic carbocycles. The maximum absolute atomic E-state index is 12.7. The van der Waals surface area contributed by atoms with Crippen molar-refractivity contribution in [1.29, 1.82) is 0 Å². The van der Waals surface area contributed by atoms with Crippen LogP contribution in [0.3, 0.4) is 0 Å². The quantitative estimate of drug-likeness (QED) is 0.584. The van der Waals surface area contributed by atoms with Crippen LogP contribution in [-0.2, 0) is 4.74 Å². The first-order chi connectivity index (χ1) is 7.75. The lowest BCUT2D eigenvalue weighted by atomic mass is 10.1. The molecule has 16 heavy (non-hydrogen) atoms. The van der Waals surface area contributed by atoms with Crippen LogP contribution >= 0.6 is 0 Å². The summed E-state index contributed by atoms with van der Waals surface area (Å²) in [6, 6.07) is 2.55. The van der Waals surface area contributed by atoms with Gasteiger partial charge in [-0.1, -0.05) is 12.8 Å². The van der Waals surface area contributed by atoms with Gasteiger partial charge in [0.05, 0.1) is 12.2 Å². The van der Waals surface area contributed by atoms with Gasteiger partial charge in [0, 0.05) is 12.3 Å². The van der Waals surface area contributed by atoms with Crippen molar-refractivity contribution in [1.82, 2.24) is 4.98 Å². The van der Waals surface area contributed by atoms with Crippen molar-refractivity contribution in [3.8, 4) is 0 Å². The molecule has 0 aliphatic heterocycles. The van der Waals surface area contributed by atoms with Crippen LogP contribution in [-0.4, -0.2) is 17.6 Å². The van der Waals surface area contributed by atoms with Gasteiger partial charge in [0.2, 0.25) is 5.95 Å². The number of ether oxygens (including phenoxy) is 1. The third kappa shape index (κ3) is 2.78. The maximum Gasteiger partial charge on any atom is 0.338 e. The minimum Gasteiger partial charge on any atom is -0.462 e. The van der Waals surface area contributed by atoms with Crippen LogP contribution in [0.25, 0.3) is 0 Å². The van der Waals surface area contributed by atoms with Gasteiger partial charge in [0.25, 0.3) is 0 Å². The largest absolute Gasteiger partial charge is 0.462 e. The van der Waals surface area contributed by atoms with Gasteiger partial charge < -0.3 is 4.74 Å². The first-order valence-electron chi connectivity index (χ1n) is 5.54. The van der Waals surface area contributed by atoms with E-state index in [1.807, 2.05) is 0 Å². The number of aromatic nitrogens is 1. The monoisotopic (exact) mass is 223 g/mol. The zero-order chi connectivity index (χ0) is 11.4. The summed E-state index contributed by atoms with van der Waals surface area (Å²) < 4.78 is 17.9. The van der Waals surface area contributed by atoms with Gasteiger partial charge in [0.15, 0.2) is 0 Å². The Kier molecular flexibility index (Phi) is 3.49. The Labute approximate surface area is 93.6 Å². The Hall–Kier alpha value is -1.45. The summed E-state index contributed by atoms with van der Waals surface area (Å²) >= 11 is 0. The molecule has 1 heterocycles. The molecule has 1 saturated carbocycles. The molecule has 0 unspecified atom stereocenters. The van der Waals surface area contributed by atoms with Crippen molar-refractivity contribution in [2.75, 3.05) is 6.61 Å². The molecule has 3 nitrogen and oxygen atoms in total. The van der Waals surface area contributed by atoms with E-state index in [-0.39, 0.29) is 5.56 Å². The predicted octanol–water partition coefficient (Wildman–Crippen LogP) is 2.57. The summed E-state index contributed by atoms with van der Waals surface area (Å²) in [6.07, 6.45) is 5.94. The van der Waals surface area contributed by atoms with Crippen molar-refractivity contribution in [2.45, 2.75) is 25.7 Å². The molecule has 0 amide bonds. The predicted molar refractivity (Wildman–Crippen MR) is 56.4 cm³/mol. The fourth-order valence-corrected chi connectivity index (χ4v) is 1.98. The molecule has 86 valence electrons. The van der Waals surface area contributed by atoms with Crippen LogP contribution in [0.5, 0.6) is 0 Å². The van der Waals surface area contributed by atoms with Crippen molar-refractivity contribution in [3.05, 3.63) is 29.8 Å². The number of hydrogen-bond acceptors (Lipinski definition) is 3. The Bertz CT molecular complexity index is 375. The lowest BCUT2D eigenvalue weighted by molar-refractivity contribution is 0.0442. The first kappa shape index (κ1) is 11.0. The molecule has 1 aromatic rings. The average molecular weight is 223 g/mol. The standard InChI is InChI=1S/C12H14FNO2/c13-11-7-10(5-6-14-11)12(15)16-8-9-3-1-2-4-9/h5-7,9H,1-4,8H2. The van der Waals surface area contributed by atoms with Gasteiger partial charge in [-0.3, -0.25) is 0 Å². The lowest BCUT2D eigenvalue weighted by Gasteiger charge is -2.09. The molecular weight excluding hydrogens is 209 g/mol. The maximum atomic E-state index is 12.7. The molecule has 0 aromatic carbocycles. The highest BCUT2D eigenvalue weighted by molar-refractivity contribution is 5.89. The Morgan fingerprint density at radius 3 is 2.94 bits per heavy atom. The summed E-state index contributed by atoms with van der Waals surface area (Å²) in [5, 5.41) is 0. The minimum absolute atomic E-state index is 0.227. The van der Waals surface area contributed by atoms with E-state index in [1.165, 1.54) is 25.1 Å². The molecule has 0 N–H and O–H groups in total. The molecule has 2 rings (SSSR count). The number of nitrogens with zero attached hydrogens (tertiary/aromatic N) is 1. The van der Waals surface area contributed by atoms with E-state index in [1.54, 1.807) is 0 Å². The van der Waals surface area contributed by atoms with E-state index in [0.29, 0.717) is 12.5 Å². The SMILES string of the molecule is O=C(OCC1CCCC1)c1ccnc(F)c1. The van der Waals surface area contributed by atoms with E-state index in [2.05, 4.69) is 4.98 Å². The summed E-state index contributed by atoms with van der Waals surface area (Å²) in [5.41, 5.74) is 0.227. The average Bonchev–Trinajstić information content (AvgIpc) is 2.78. The number of pyridine rings is 1. The number of halogens is 1. The summed E-state index contributed by atoms with van der Waals surface area (Å²) in [6.45, 7) is 0.447. The summed E-state index contributed by atoms with van der Waals surface area (Å²) in [4.78, 5) is 14.9. The van der Waals surface area contributed by atoms with Crippen molar-refractivity contribution >= 4 is 5.97 Å². The van der Waals surface area contributed by atoms with Crippen LogP contribution in [0.1, 0.15) is 36.0 Å². The van der Waals surface area contributed by atoms with E-state index in [0.717, 1.165) is 18.9 Å². The van der Waals surface area contributed by atoms with Gasteiger partial charge in [-0.05, 0) is 24.8 Å². The van der Waals surface area contributed by atoms with Crippen LogP contribution in [0.15, 0.2) is 18.3 Å². The molecule has 0 bridgehead atoms. The highest BCUT2D eigenvalue weighted by atomic mass is 19.1. The van der Waals surface area contributed by atoms with Crippen molar-refractivity contribution in [3.63, 3.8) is 0 Å². The first-order valence-corrected chi connectivity index (χ1v) is 5.54. The molecule has 1 fully saturated rings. The molecule has 0 spiro atoms. The molecule has 4 heteroatoms. The van der Waals surface area contributed by atoms with E-state index in [9.17, 15) is 9.18 Å². The van der Waals surface area contributed by atoms with Crippen LogP contribution in [0, 0.1) is 11.9 Å². The van der Waals surface area contributed by atoms with Gasteiger partial charge in [-0.15, -0.1) is 0 Å². The highest BCUT2D eigenvalue weighted by Gasteiger charge is 2.17. The topological polar surface area (TPSA) is 39.2 Å². The Morgan fingerprint density at radius 2 is 2.25 bits per heavy atom. The molecule has 0 radical (unpaired) electrons. The van der Waals surface area contributed by atoms with Crippen molar-refractivity contribution < 1.29 is 13.9 Å². The Morgan fingerprint density at radius 1 is 1.50 bits per heavy atom. The normalized spacial score (nSPS) is 16.3. The zero-order valence-corrected chi connectivity index (χ0v) is 8.99. The van der Waals surface area contributed by atoms with Gasteiger partial charge in [-0.25, -0.2) is 9.78 Å². The molecule has 1 aliphatic rings. The number of hydrogen-bond donors (Lipinski definition) is 0. The van der Waals surface area contributed by atoms with Crippen LogP contribution in [0.4, 0.5) is 4.39 Å². The van der Waals surface area contributed by atoms with Gasteiger partial charge in [0.1, 0.15) is 0 Å². The lowest BCUT2D eigenvalue weighted by Crippen LogP contribution is -2.12. The van der Waals surface area contributed by atoms with E-state index < -0.39 is 11.9 Å². The van der Waals surface area contributed by atoms with Gasteiger partial charge >= 0.3 is 5.97 Å². The summed E-state index contributed by atoms with van der Waals surface area (Å²) in [7, 11) is 0. The number of carbonyl (C=O) groups is 1. The second-order valence-electron chi connectivity index (χ2n) is 4.12. The molecule has 1 aromatic heterocycles. The fraction of sp³-hybridized carbons (Fsp3) is 0.500. The number of carbonyl (C=O) groups excluding carboxylic acids is 1. The van der Waals surface area contributed by atoms with Crippen molar-refractivity contribution in [2.24, 2.45) is 5.92 Å².